The minimum absolute atomic E-state index is 0.0154. The first-order valence-corrected chi connectivity index (χ1v) is 11.3. The van der Waals surface area contributed by atoms with Crippen molar-refractivity contribution >= 4 is 62.5 Å². The number of nitrogens with one attached hydrogen (secondary N) is 1. The van der Waals surface area contributed by atoms with Crippen LogP contribution in [0.1, 0.15) is 11.1 Å². The van der Waals surface area contributed by atoms with E-state index in [9.17, 15) is 9.59 Å². The van der Waals surface area contributed by atoms with E-state index in [0.29, 0.717) is 30.2 Å². The van der Waals surface area contributed by atoms with Gasteiger partial charge in [0.2, 0.25) is 0 Å². The molecule has 0 aliphatic carbocycles. The number of morpholine rings is 1. The molecule has 4 rings (SSSR count). The number of aryl methyl sites for hydroxylation is 1. The molecule has 9 heteroatoms. The van der Waals surface area contributed by atoms with E-state index in [2.05, 4.69) is 26.1 Å². The molecule has 2 aliphatic rings. The van der Waals surface area contributed by atoms with Gasteiger partial charge in [0, 0.05) is 34.9 Å². The van der Waals surface area contributed by atoms with Crippen LogP contribution in [0.3, 0.4) is 0 Å². The zero-order valence-electron chi connectivity index (χ0n) is 17.7. The monoisotopic (exact) mass is 515 g/mol. The average Bonchev–Trinajstić information content (AvgIpc) is 2.78. The standard InChI is InChI=1S/C23H22BrN3O4S/c1-14-11-16(24)4-6-19(14)27-22(29)18(21(28)25-23(27)32)12-15-3-5-17(13-20(15)30-2)26-7-9-31-10-8-26/h3-6,11-13H,7-10H2,1-2H3,(H,25,28,32)/b18-12+. The van der Waals surface area contributed by atoms with E-state index < -0.39 is 11.8 Å². The second kappa shape index (κ2) is 9.40. The Morgan fingerprint density at radius 3 is 2.59 bits per heavy atom. The number of anilines is 2. The van der Waals surface area contributed by atoms with Gasteiger partial charge in [0.25, 0.3) is 11.8 Å². The third-order valence-corrected chi connectivity index (χ3v) is 6.17. The van der Waals surface area contributed by atoms with E-state index >= 15 is 0 Å². The molecule has 0 radical (unpaired) electrons. The highest BCUT2D eigenvalue weighted by molar-refractivity contribution is 9.10. The first kappa shape index (κ1) is 22.4. The van der Waals surface area contributed by atoms with Crippen LogP contribution in [0, 0.1) is 6.92 Å². The largest absolute Gasteiger partial charge is 0.496 e. The highest BCUT2D eigenvalue weighted by Gasteiger charge is 2.35. The van der Waals surface area contributed by atoms with Crippen molar-refractivity contribution in [2.75, 3.05) is 43.2 Å². The summed E-state index contributed by atoms with van der Waals surface area (Å²) in [6, 6.07) is 11.2. The maximum absolute atomic E-state index is 13.3. The number of halogens is 1. The van der Waals surface area contributed by atoms with Crippen LogP contribution < -0.4 is 19.9 Å². The summed E-state index contributed by atoms with van der Waals surface area (Å²) in [6.45, 7) is 4.82. The molecule has 2 heterocycles. The van der Waals surface area contributed by atoms with Crippen LogP contribution in [0.25, 0.3) is 6.08 Å². The molecule has 2 fully saturated rings. The van der Waals surface area contributed by atoms with E-state index in [4.69, 9.17) is 21.7 Å². The molecule has 2 saturated heterocycles. The number of hydrogen-bond donors (Lipinski definition) is 1. The zero-order valence-corrected chi connectivity index (χ0v) is 20.1. The quantitative estimate of drug-likeness (QED) is 0.382. The number of hydrogen-bond acceptors (Lipinski definition) is 6. The Kier molecular flexibility index (Phi) is 6.59. The highest BCUT2D eigenvalue weighted by Crippen LogP contribution is 2.31. The van der Waals surface area contributed by atoms with Crippen molar-refractivity contribution in [2.45, 2.75) is 6.92 Å². The van der Waals surface area contributed by atoms with Crippen molar-refractivity contribution in [3.05, 3.63) is 57.6 Å². The molecule has 0 saturated carbocycles. The van der Waals surface area contributed by atoms with E-state index in [1.807, 2.05) is 37.3 Å². The second-order valence-electron chi connectivity index (χ2n) is 7.41. The van der Waals surface area contributed by atoms with Gasteiger partial charge in [-0.15, -0.1) is 0 Å². The Labute approximate surface area is 200 Å². The molecule has 7 nitrogen and oxygen atoms in total. The van der Waals surface area contributed by atoms with Crippen LogP contribution in [-0.4, -0.2) is 50.3 Å². The Morgan fingerprint density at radius 1 is 1.16 bits per heavy atom. The van der Waals surface area contributed by atoms with Crippen LogP contribution in [0.5, 0.6) is 5.75 Å². The smallest absolute Gasteiger partial charge is 0.270 e. The Bertz CT molecular complexity index is 1130. The number of benzene rings is 2. The molecule has 2 amide bonds. The average molecular weight is 516 g/mol. The van der Waals surface area contributed by atoms with Gasteiger partial charge in [-0.1, -0.05) is 15.9 Å². The zero-order chi connectivity index (χ0) is 22.8. The van der Waals surface area contributed by atoms with Gasteiger partial charge >= 0.3 is 0 Å². The Morgan fingerprint density at radius 2 is 1.91 bits per heavy atom. The van der Waals surface area contributed by atoms with Crippen molar-refractivity contribution in [3.63, 3.8) is 0 Å². The van der Waals surface area contributed by atoms with Crippen LogP contribution >= 0.6 is 28.1 Å². The van der Waals surface area contributed by atoms with Crippen LogP contribution in [0.4, 0.5) is 11.4 Å². The molecule has 1 N–H and O–H groups in total. The third-order valence-electron chi connectivity index (χ3n) is 5.39. The minimum atomic E-state index is -0.537. The molecule has 0 bridgehead atoms. The summed E-state index contributed by atoms with van der Waals surface area (Å²) in [7, 11) is 1.57. The first-order valence-electron chi connectivity index (χ1n) is 10.1. The van der Waals surface area contributed by atoms with Crippen molar-refractivity contribution in [1.29, 1.82) is 0 Å². The van der Waals surface area contributed by atoms with Crippen LogP contribution in [0.15, 0.2) is 46.4 Å². The number of thiocarbonyl (C=S) groups is 1. The number of methoxy groups -OCH3 is 1. The van der Waals surface area contributed by atoms with Crippen molar-refractivity contribution in [1.82, 2.24) is 5.32 Å². The topological polar surface area (TPSA) is 71.1 Å². The predicted molar refractivity (Wildman–Crippen MR) is 131 cm³/mol. The summed E-state index contributed by atoms with van der Waals surface area (Å²) in [5, 5.41) is 2.68. The lowest BCUT2D eigenvalue weighted by atomic mass is 10.0. The fourth-order valence-corrected chi connectivity index (χ4v) is 4.49. The normalized spacial score (nSPS) is 18.2. The third kappa shape index (κ3) is 4.41. The summed E-state index contributed by atoms with van der Waals surface area (Å²) >= 11 is 8.73. The minimum Gasteiger partial charge on any atom is -0.496 e. The molecule has 2 aromatic carbocycles. The van der Waals surface area contributed by atoms with Gasteiger partial charge in [-0.3, -0.25) is 19.8 Å². The van der Waals surface area contributed by atoms with Gasteiger partial charge in [-0.2, -0.15) is 0 Å². The number of ether oxygens (including phenoxy) is 2. The van der Waals surface area contributed by atoms with E-state index in [0.717, 1.165) is 28.8 Å². The van der Waals surface area contributed by atoms with E-state index in [-0.39, 0.29) is 10.7 Å². The molecule has 2 aliphatic heterocycles. The number of rotatable bonds is 4. The molecular weight excluding hydrogens is 494 g/mol. The van der Waals surface area contributed by atoms with Gasteiger partial charge in [-0.05, 0) is 61.1 Å². The molecule has 2 aromatic rings. The summed E-state index contributed by atoms with van der Waals surface area (Å²) in [5.41, 5.74) is 3.07. The van der Waals surface area contributed by atoms with E-state index in [1.54, 1.807) is 19.3 Å². The van der Waals surface area contributed by atoms with Crippen molar-refractivity contribution < 1.29 is 19.1 Å². The van der Waals surface area contributed by atoms with Gasteiger partial charge < -0.3 is 14.4 Å². The number of amides is 2. The highest BCUT2D eigenvalue weighted by atomic mass is 79.9. The van der Waals surface area contributed by atoms with Gasteiger partial charge in [0.05, 0.1) is 26.0 Å². The lowest BCUT2D eigenvalue weighted by molar-refractivity contribution is -0.122. The molecule has 166 valence electrons. The lowest BCUT2D eigenvalue weighted by Gasteiger charge is -2.30. The Balaban J connectivity index is 1.69. The van der Waals surface area contributed by atoms with E-state index in [1.165, 1.54) is 4.90 Å². The SMILES string of the molecule is COc1cc(N2CCOCC2)ccc1/C=C1\C(=O)NC(=S)N(c2ccc(Br)cc2C)C1=O. The van der Waals surface area contributed by atoms with Gasteiger partial charge in [0.15, 0.2) is 5.11 Å². The summed E-state index contributed by atoms with van der Waals surface area (Å²) in [6.07, 6.45) is 1.54. The van der Waals surface area contributed by atoms with Gasteiger partial charge in [0.1, 0.15) is 11.3 Å². The second-order valence-corrected chi connectivity index (χ2v) is 8.72. The fraction of sp³-hybridized carbons (Fsp3) is 0.261. The maximum atomic E-state index is 13.3. The lowest BCUT2D eigenvalue weighted by Crippen LogP contribution is -2.54. The van der Waals surface area contributed by atoms with Gasteiger partial charge in [-0.25, -0.2) is 0 Å². The first-order chi connectivity index (χ1) is 15.4. The molecule has 0 aromatic heterocycles. The fourth-order valence-electron chi connectivity index (χ4n) is 3.74. The summed E-state index contributed by atoms with van der Waals surface area (Å²) in [5.74, 6) is -0.449. The molecule has 32 heavy (non-hydrogen) atoms. The van der Waals surface area contributed by atoms with Crippen molar-refractivity contribution in [3.8, 4) is 5.75 Å². The van der Waals surface area contributed by atoms with Crippen LogP contribution in [-0.2, 0) is 14.3 Å². The molecule has 0 atom stereocenters. The van der Waals surface area contributed by atoms with Crippen LogP contribution in [0.2, 0.25) is 0 Å². The molecule has 0 unspecified atom stereocenters. The van der Waals surface area contributed by atoms with Crippen molar-refractivity contribution in [2.24, 2.45) is 0 Å². The molecular formula is C23H22BrN3O4S. The Hall–Kier alpha value is -2.75. The number of carbonyl (C=O) groups excluding carboxylic acids is 2. The predicted octanol–water partition coefficient (Wildman–Crippen LogP) is 3.43. The maximum Gasteiger partial charge on any atom is 0.270 e. The molecule has 0 spiro atoms. The summed E-state index contributed by atoms with van der Waals surface area (Å²) in [4.78, 5) is 29.6. The number of carbonyl (C=O) groups is 2. The summed E-state index contributed by atoms with van der Waals surface area (Å²) < 4.78 is 11.9. The number of nitrogens with zero attached hydrogens (tertiary/aromatic N) is 2.